The van der Waals surface area contributed by atoms with Gasteiger partial charge in [0.2, 0.25) is 0 Å². The molecule has 1 N–H and O–H groups in total. The smallest absolute Gasteiger partial charge is 0.338 e. The summed E-state index contributed by atoms with van der Waals surface area (Å²) < 4.78 is 5.81. The van der Waals surface area contributed by atoms with Crippen LogP contribution in [-0.2, 0) is 9.53 Å². The van der Waals surface area contributed by atoms with E-state index in [9.17, 15) is 19.7 Å². The van der Waals surface area contributed by atoms with Crippen molar-refractivity contribution in [2.75, 3.05) is 5.32 Å². The minimum absolute atomic E-state index is 0.00747. The molecule has 0 aliphatic heterocycles. The number of benzene rings is 2. The fraction of sp³-hybridized carbons (Fsp3) is 0.125. The lowest BCUT2D eigenvalue weighted by molar-refractivity contribution is -0.384. The Hall–Kier alpha value is -2.45. The molecular formula is C16H12BrClN2O5. The van der Waals surface area contributed by atoms with Gasteiger partial charge in [-0.15, -0.1) is 0 Å². The number of nitro benzene ring substituents is 1. The first-order valence-corrected chi connectivity index (χ1v) is 8.16. The molecule has 0 aromatic heterocycles. The lowest BCUT2D eigenvalue weighted by Crippen LogP contribution is -2.30. The molecule has 0 spiro atoms. The number of carbonyl (C=O) groups is 2. The van der Waals surface area contributed by atoms with Crippen molar-refractivity contribution in [1.82, 2.24) is 0 Å². The lowest BCUT2D eigenvalue weighted by Gasteiger charge is -2.14. The number of halogens is 2. The first-order valence-electron chi connectivity index (χ1n) is 6.99. The molecule has 1 amide bonds. The van der Waals surface area contributed by atoms with Crippen molar-refractivity contribution in [3.8, 4) is 0 Å². The molecule has 2 aromatic rings. The number of hydrogen-bond acceptors (Lipinski definition) is 5. The van der Waals surface area contributed by atoms with Crippen LogP contribution < -0.4 is 5.32 Å². The van der Waals surface area contributed by atoms with Crippen LogP contribution in [0.5, 0.6) is 0 Å². The zero-order valence-corrected chi connectivity index (χ0v) is 15.2. The van der Waals surface area contributed by atoms with Crippen LogP contribution in [0.1, 0.15) is 17.3 Å². The van der Waals surface area contributed by atoms with Crippen molar-refractivity contribution in [3.63, 3.8) is 0 Å². The third kappa shape index (κ3) is 5.01. The van der Waals surface area contributed by atoms with Crippen molar-refractivity contribution in [3.05, 3.63) is 67.6 Å². The van der Waals surface area contributed by atoms with E-state index in [1.165, 1.54) is 19.1 Å². The van der Waals surface area contributed by atoms with Gasteiger partial charge in [-0.25, -0.2) is 4.79 Å². The number of anilines is 1. The molecule has 0 bridgehead atoms. The predicted octanol–water partition coefficient (Wildman–Crippen LogP) is 4.19. The summed E-state index contributed by atoms with van der Waals surface area (Å²) in [6.07, 6.45) is -1.09. The number of carbonyl (C=O) groups excluding carboxylic acids is 2. The summed E-state index contributed by atoms with van der Waals surface area (Å²) in [5.74, 6) is -1.27. The van der Waals surface area contributed by atoms with Gasteiger partial charge < -0.3 is 10.1 Å². The molecule has 0 saturated carbocycles. The first-order chi connectivity index (χ1) is 11.8. The Labute approximate surface area is 156 Å². The van der Waals surface area contributed by atoms with Crippen molar-refractivity contribution in [2.24, 2.45) is 0 Å². The van der Waals surface area contributed by atoms with Gasteiger partial charge in [0.05, 0.1) is 21.2 Å². The van der Waals surface area contributed by atoms with Gasteiger partial charge in [0, 0.05) is 16.6 Å². The maximum absolute atomic E-state index is 12.1. The Morgan fingerprint density at radius 3 is 2.60 bits per heavy atom. The molecule has 0 aliphatic carbocycles. The van der Waals surface area contributed by atoms with E-state index in [2.05, 4.69) is 21.2 Å². The van der Waals surface area contributed by atoms with Crippen LogP contribution in [0.25, 0.3) is 0 Å². The summed E-state index contributed by atoms with van der Waals surface area (Å²) in [5.41, 5.74) is 0.280. The second-order valence-electron chi connectivity index (χ2n) is 4.97. The lowest BCUT2D eigenvalue weighted by atomic mass is 10.2. The quantitative estimate of drug-likeness (QED) is 0.438. The highest BCUT2D eigenvalue weighted by molar-refractivity contribution is 9.10. The Morgan fingerprint density at radius 2 is 2.00 bits per heavy atom. The first kappa shape index (κ1) is 18.9. The largest absolute Gasteiger partial charge is 0.449 e. The average molecular weight is 428 g/mol. The summed E-state index contributed by atoms with van der Waals surface area (Å²) >= 11 is 9.15. The predicted molar refractivity (Wildman–Crippen MR) is 95.8 cm³/mol. The second kappa shape index (κ2) is 8.09. The SMILES string of the molecule is CC(OC(=O)c1cccc(Br)c1)C(=O)Nc1ccc([N+](=O)[O-])cc1Cl. The molecule has 7 nitrogen and oxygen atoms in total. The molecule has 1 unspecified atom stereocenters. The van der Waals surface area contributed by atoms with E-state index in [0.29, 0.717) is 10.0 Å². The number of nitro groups is 1. The summed E-state index contributed by atoms with van der Waals surface area (Å²) in [5, 5.41) is 13.1. The van der Waals surface area contributed by atoms with E-state index >= 15 is 0 Å². The van der Waals surface area contributed by atoms with Gasteiger partial charge >= 0.3 is 5.97 Å². The van der Waals surface area contributed by atoms with Gasteiger partial charge in [-0.1, -0.05) is 33.6 Å². The summed E-state index contributed by atoms with van der Waals surface area (Å²) in [6.45, 7) is 1.41. The maximum atomic E-state index is 12.1. The van der Waals surface area contributed by atoms with Crippen LogP contribution in [0.2, 0.25) is 5.02 Å². The Bertz CT molecular complexity index is 843. The molecule has 0 aliphatic rings. The van der Waals surface area contributed by atoms with Crippen LogP contribution in [-0.4, -0.2) is 22.9 Å². The van der Waals surface area contributed by atoms with Crippen LogP contribution in [0.15, 0.2) is 46.9 Å². The van der Waals surface area contributed by atoms with Crippen LogP contribution in [0.4, 0.5) is 11.4 Å². The third-order valence-electron chi connectivity index (χ3n) is 3.13. The van der Waals surface area contributed by atoms with E-state index in [4.69, 9.17) is 16.3 Å². The molecule has 130 valence electrons. The maximum Gasteiger partial charge on any atom is 0.338 e. The number of esters is 1. The highest BCUT2D eigenvalue weighted by atomic mass is 79.9. The Kier molecular flexibility index (Phi) is 6.11. The van der Waals surface area contributed by atoms with Crippen LogP contribution in [0, 0.1) is 10.1 Å². The second-order valence-corrected chi connectivity index (χ2v) is 6.29. The van der Waals surface area contributed by atoms with Crippen molar-refractivity contribution in [1.29, 1.82) is 0 Å². The Balaban J connectivity index is 2.03. The number of hydrogen-bond donors (Lipinski definition) is 1. The van der Waals surface area contributed by atoms with Gasteiger partial charge in [-0.3, -0.25) is 14.9 Å². The van der Waals surface area contributed by atoms with Gasteiger partial charge in [-0.05, 0) is 31.2 Å². The van der Waals surface area contributed by atoms with Crippen LogP contribution >= 0.6 is 27.5 Å². The summed E-state index contributed by atoms with van der Waals surface area (Å²) in [6, 6.07) is 10.2. The third-order valence-corrected chi connectivity index (χ3v) is 3.94. The topological polar surface area (TPSA) is 98.5 Å². The molecule has 9 heteroatoms. The number of ether oxygens (including phenoxy) is 1. The molecule has 1 atom stereocenters. The van der Waals surface area contributed by atoms with E-state index in [0.717, 1.165) is 6.07 Å². The molecule has 2 rings (SSSR count). The Morgan fingerprint density at radius 1 is 1.28 bits per heavy atom. The van der Waals surface area contributed by atoms with E-state index in [1.54, 1.807) is 24.3 Å². The zero-order valence-electron chi connectivity index (χ0n) is 12.9. The van der Waals surface area contributed by atoms with Gasteiger partial charge in [0.15, 0.2) is 6.10 Å². The molecule has 0 radical (unpaired) electrons. The van der Waals surface area contributed by atoms with Crippen LogP contribution in [0.3, 0.4) is 0 Å². The number of nitrogens with one attached hydrogen (secondary N) is 1. The van der Waals surface area contributed by atoms with Crippen molar-refractivity contribution < 1.29 is 19.2 Å². The minimum atomic E-state index is -1.09. The number of rotatable bonds is 5. The van der Waals surface area contributed by atoms with Gasteiger partial charge in [-0.2, -0.15) is 0 Å². The average Bonchev–Trinajstić information content (AvgIpc) is 2.56. The fourth-order valence-corrected chi connectivity index (χ4v) is 2.47. The van der Waals surface area contributed by atoms with E-state index in [1.807, 2.05) is 0 Å². The minimum Gasteiger partial charge on any atom is -0.449 e. The number of nitrogens with zero attached hydrogens (tertiary/aromatic N) is 1. The van der Waals surface area contributed by atoms with E-state index in [-0.39, 0.29) is 16.4 Å². The highest BCUT2D eigenvalue weighted by Gasteiger charge is 2.20. The molecule has 0 fully saturated rings. The van der Waals surface area contributed by atoms with Gasteiger partial charge in [0.25, 0.3) is 11.6 Å². The molecule has 2 aromatic carbocycles. The summed E-state index contributed by atoms with van der Waals surface area (Å²) in [7, 11) is 0. The van der Waals surface area contributed by atoms with Crippen molar-refractivity contribution in [2.45, 2.75) is 13.0 Å². The molecule has 0 heterocycles. The zero-order chi connectivity index (χ0) is 18.6. The number of amides is 1. The molecule has 25 heavy (non-hydrogen) atoms. The number of non-ortho nitro benzene ring substituents is 1. The molecule has 0 saturated heterocycles. The summed E-state index contributed by atoms with van der Waals surface area (Å²) in [4.78, 5) is 34.2. The highest BCUT2D eigenvalue weighted by Crippen LogP contribution is 2.26. The monoisotopic (exact) mass is 426 g/mol. The normalized spacial score (nSPS) is 11.5. The van der Waals surface area contributed by atoms with Crippen molar-refractivity contribution >= 4 is 50.8 Å². The van der Waals surface area contributed by atoms with E-state index < -0.39 is 22.9 Å². The standard InChI is InChI=1S/C16H12BrClN2O5/c1-9(25-16(22)10-3-2-4-11(17)7-10)15(21)19-14-6-5-12(20(23)24)8-13(14)18/h2-9H,1H3,(H,19,21). The van der Waals surface area contributed by atoms with Gasteiger partial charge in [0.1, 0.15) is 0 Å². The molecular weight excluding hydrogens is 416 g/mol. The fourth-order valence-electron chi connectivity index (χ4n) is 1.85.